The minimum atomic E-state index is -0.370. The van der Waals surface area contributed by atoms with Crippen LogP contribution in [0.3, 0.4) is 0 Å². The molecule has 0 saturated heterocycles. The van der Waals surface area contributed by atoms with Crippen LogP contribution in [0.25, 0.3) is 11.5 Å². The highest BCUT2D eigenvalue weighted by Crippen LogP contribution is 2.25. The second kappa shape index (κ2) is 7.66. The molecule has 6 heteroatoms. The Bertz CT molecular complexity index is 877. The average Bonchev–Trinajstić information content (AvgIpc) is 3.12. The van der Waals surface area contributed by atoms with Crippen molar-refractivity contribution in [2.45, 2.75) is 26.4 Å². The summed E-state index contributed by atoms with van der Waals surface area (Å²) in [5, 5.41) is 8.31. The molecule has 3 rings (SSSR count). The number of aryl methyl sites for hydroxylation is 1. The topological polar surface area (TPSA) is 51.4 Å². The van der Waals surface area contributed by atoms with E-state index in [1.807, 2.05) is 56.1 Å². The number of nitrogens with zero attached hydrogens (tertiary/aromatic N) is 3. The van der Waals surface area contributed by atoms with E-state index in [9.17, 15) is 4.39 Å². The fourth-order valence-corrected chi connectivity index (χ4v) is 2.64. The molecule has 0 fully saturated rings. The molecule has 0 aliphatic carbocycles. The standard InChI is InChI=1S/C20H22FN3O2/c1-13-5-8-16(9-6-13)20-23-22-19(26-20)14(2)24(3)12-15-7-10-18(25-4)17(21)11-15/h5-11,14H,12H2,1-4H3. The third-order valence-electron chi connectivity index (χ3n) is 4.41. The Morgan fingerprint density at radius 3 is 2.54 bits per heavy atom. The number of halogens is 1. The van der Waals surface area contributed by atoms with Gasteiger partial charge in [0.05, 0.1) is 13.2 Å². The van der Waals surface area contributed by atoms with Gasteiger partial charge in [-0.05, 0) is 50.7 Å². The van der Waals surface area contributed by atoms with Crippen LogP contribution in [0.5, 0.6) is 5.75 Å². The molecule has 0 amide bonds. The van der Waals surface area contributed by atoms with Crippen molar-refractivity contribution in [3.8, 4) is 17.2 Å². The average molecular weight is 355 g/mol. The Morgan fingerprint density at radius 2 is 1.88 bits per heavy atom. The zero-order chi connectivity index (χ0) is 18.7. The Labute approximate surface area is 152 Å². The van der Waals surface area contributed by atoms with Crippen molar-refractivity contribution in [1.29, 1.82) is 0 Å². The summed E-state index contributed by atoms with van der Waals surface area (Å²) in [7, 11) is 3.38. The monoisotopic (exact) mass is 355 g/mol. The normalized spacial score (nSPS) is 12.4. The molecule has 0 N–H and O–H groups in total. The molecule has 1 atom stereocenters. The molecular formula is C20H22FN3O2. The molecule has 0 aliphatic rings. The number of aromatic nitrogens is 2. The highest BCUT2D eigenvalue weighted by atomic mass is 19.1. The van der Waals surface area contributed by atoms with Crippen LogP contribution < -0.4 is 4.74 Å². The van der Waals surface area contributed by atoms with Gasteiger partial charge in [-0.25, -0.2) is 4.39 Å². The van der Waals surface area contributed by atoms with Gasteiger partial charge in [-0.15, -0.1) is 10.2 Å². The minimum absolute atomic E-state index is 0.105. The summed E-state index contributed by atoms with van der Waals surface area (Å²) in [5.41, 5.74) is 2.91. The molecule has 1 heterocycles. The Morgan fingerprint density at radius 1 is 1.15 bits per heavy atom. The van der Waals surface area contributed by atoms with E-state index in [-0.39, 0.29) is 17.6 Å². The lowest BCUT2D eigenvalue weighted by Gasteiger charge is -2.21. The predicted octanol–water partition coefficient (Wildman–Crippen LogP) is 4.39. The highest BCUT2D eigenvalue weighted by molar-refractivity contribution is 5.52. The quantitative estimate of drug-likeness (QED) is 0.656. The predicted molar refractivity (Wildman–Crippen MR) is 97.3 cm³/mol. The number of ether oxygens (including phenoxy) is 1. The van der Waals surface area contributed by atoms with Gasteiger partial charge in [-0.2, -0.15) is 0 Å². The number of methoxy groups -OCH3 is 1. The van der Waals surface area contributed by atoms with Gasteiger partial charge in [0.15, 0.2) is 11.6 Å². The lowest BCUT2D eigenvalue weighted by Crippen LogP contribution is -2.22. The Kier molecular flexibility index (Phi) is 5.32. The number of hydrogen-bond acceptors (Lipinski definition) is 5. The van der Waals surface area contributed by atoms with Crippen LogP contribution in [0, 0.1) is 12.7 Å². The Balaban J connectivity index is 1.71. The zero-order valence-electron chi connectivity index (χ0n) is 15.4. The first kappa shape index (κ1) is 18.1. The number of hydrogen-bond donors (Lipinski definition) is 0. The third kappa shape index (κ3) is 3.91. The summed E-state index contributed by atoms with van der Waals surface area (Å²) >= 11 is 0. The van der Waals surface area contributed by atoms with Crippen molar-refractivity contribution >= 4 is 0 Å². The maximum absolute atomic E-state index is 13.9. The molecule has 3 aromatic rings. The van der Waals surface area contributed by atoms with Crippen molar-refractivity contribution in [3.63, 3.8) is 0 Å². The van der Waals surface area contributed by atoms with Gasteiger partial charge in [-0.1, -0.05) is 23.8 Å². The molecule has 5 nitrogen and oxygen atoms in total. The molecule has 1 aromatic heterocycles. The molecule has 0 bridgehead atoms. The zero-order valence-corrected chi connectivity index (χ0v) is 15.4. The summed E-state index contributed by atoms with van der Waals surface area (Å²) in [6.07, 6.45) is 0. The van der Waals surface area contributed by atoms with Gasteiger partial charge < -0.3 is 9.15 Å². The molecule has 0 aliphatic heterocycles. The molecule has 0 saturated carbocycles. The van der Waals surface area contributed by atoms with E-state index in [0.717, 1.165) is 11.1 Å². The minimum Gasteiger partial charge on any atom is -0.494 e. The van der Waals surface area contributed by atoms with Crippen molar-refractivity contribution in [3.05, 3.63) is 65.3 Å². The van der Waals surface area contributed by atoms with Crippen LogP contribution in [0.4, 0.5) is 4.39 Å². The smallest absolute Gasteiger partial charge is 0.247 e. The van der Waals surface area contributed by atoms with Crippen molar-refractivity contribution < 1.29 is 13.5 Å². The van der Waals surface area contributed by atoms with Gasteiger partial charge in [0, 0.05) is 12.1 Å². The van der Waals surface area contributed by atoms with E-state index >= 15 is 0 Å². The lowest BCUT2D eigenvalue weighted by atomic mass is 10.1. The summed E-state index contributed by atoms with van der Waals surface area (Å²) in [6, 6.07) is 12.8. The van der Waals surface area contributed by atoms with E-state index in [2.05, 4.69) is 10.2 Å². The SMILES string of the molecule is COc1ccc(CN(C)C(C)c2nnc(-c3ccc(C)cc3)o2)cc1F. The molecule has 136 valence electrons. The van der Waals surface area contributed by atoms with E-state index in [1.165, 1.54) is 18.7 Å². The van der Waals surface area contributed by atoms with E-state index in [4.69, 9.17) is 9.15 Å². The first-order valence-electron chi connectivity index (χ1n) is 8.41. The molecule has 1 unspecified atom stereocenters. The van der Waals surface area contributed by atoms with Crippen LogP contribution in [-0.4, -0.2) is 29.3 Å². The summed E-state index contributed by atoms with van der Waals surface area (Å²) in [4.78, 5) is 2.02. The maximum Gasteiger partial charge on any atom is 0.247 e. The molecule has 0 spiro atoms. The van der Waals surface area contributed by atoms with Gasteiger partial charge in [-0.3, -0.25) is 4.90 Å². The summed E-state index contributed by atoms with van der Waals surface area (Å²) in [6.45, 7) is 4.55. The number of benzene rings is 2. The largest absolute Gasteiger partial charge is 0.494 e. The second-order valence-corrected chi connectivity index (χ2v) is 6.37. The second-order valence-electron chi connectivity index (χ2n) is 6.37. The van der Waals surface area contributed by atoms with Crippen molar-refractivity contribution in [1.82, 2.24) is 15.1 Å². The molecule has 2 aromatic carbocycles. The Hall–Kier alpha value is -2.73. The third-order valence-corrected chi connectivity index (χ3v) is 4.41. The van der Waals surface area contributed by atoms with Crippen molar-refractivity contribution in [2.75, 3.05) is 14.2 Å². The summed E-state index contributed by atoms with van der Waals surface area (Å²) in [5.74, 6) is 0.891. The first-order chi connectivity index (χ1) is 12.5. The maximum atomic E-state index is 13.9. The van der Waals surface area contributed by atoms with E-state index in [0.29, 0.717) is 18.3 Å². The van der Waals surface area contributed by atoms with Crippen LogP contribution in [-0.2, 0) is 6.54 Å². The van der Waals surface area contributed by atoms with Gasteiger partial charge in [0.2, 0.25) is 11.8 Å². The van der Waals surface area contributed by atoms with Crippen LogP contribution >= 0.6 is 0 Å². The van der Waals surface area contributed by atoms with Crippen molar-refractivity contribution in [2.24, 2.45) is 0 Å². The summed E-state index contributed by atoms with van der Waals surface area (Å²) < 4.78 is 24.6. The van der Waals surface area contributed by atoms with Crippen LogP contribution in [0.1, 0.15) is 30.0 Å². The van der Waals surface area contributed by atoms with Gasteiger partial charge >= 0.3 is 0 Å². The first-order valence-corrected chi connectivity index (χ1v) is 8.41. The van der Waals surface area contributed by atoms with Gasteiger partial charge in [0.25, 0.3) is 0 Å². The van der Waals surface area contributed by atoms with E-state index in [1.54, 1.807) is 6.07 Å². The lowest BCUT2D eigenvalue weighted by molar-refractivity contribution is 0.217. The highest BCUT2D eigenvalue weighted by Gasteiger charge is 2.19. The van der Waals surface area contributed by atoms with Crippen LogP contribution in [0.2, 0.25) is 0 Å². The van der Waals surface area contributed by atoms with Gasteiger partial charge in [0.1, 0.15) is 0 Å². The fraction of sp³-hybridized carbons (Fsp3) is 0.300. The molecule has 26 heavy (non-hydrogen) atoms. The fourth-order valence-electron chi connectivity index (χ4n) is 2.64. The molecular weight excluding hydrogens is 333 g/mol. The molecule has 0 radical (unpaired) electrons. The number of rotatable bonds is 6. The van der Waals surface area contributed by atoms with E-state index < -0.39 is 0 Å². The van der Waals surface area contributed by atoms with Crippen LogP contribution in [0.15, 0.2) is 46.9 Å².